The van der Waals surface area contributed by atoms with Gasteiger partial charge in [-0.15, -0.1) is 0 Å². The summed E-state index contributed by atoms with van der Waals surface area (Å²) in [5.41, 5.74) is 2.09. The summed E-state index contributed by atoms with van der Waals surface area (Å²) in [7, 11) is 0. The van der Waals surface area contributed by atoms with Gasteiger partial charge in [-0.2, -0.15) is 0 Å². The Balaban J connectivity index is 1.50. The number of benzene rings is 2. The van der Waals surface area contributed by atoms with Gasteiger partial charge < -0.3 is 15.1 Å². The monoisotopic (exact) mass is 355 g/mol. The van der Waals surface area contributed by atoms with Crippen LogP contribution in [0.25, 0.3) is 0 Å². The van der Waals surface area contributed by atoms with Crippen LogP contribution in [0.5, 0.6) is 0 Å². The number of rotatable bonds is 4. The Kier molecular flexibility index (Phi) is 5.45. The molecule has 1 aliphatic rings. The van der Waals surface area contributed by atoms with E-state index in [1.54, 1.807) is 12.1 Å². The molecule has 0 aliphatic carbocycles. The van der Waals surface area contributed by atoms with Crippen LogP contribution in [-0.4, -0.2) is 43.7 Å². The SMILES string of the molecule is CC(C)(CNC(=O)N1CCN(c2ccc(F)cc2)CC1)c1ccccc1. The third-order valence-corrected chi connectivity index (χ3v) is 5.00. The highest BCUT2D eigenvalue weighted by molar-refractivity contribution is 5.74. The number of amides is 2. The molecule has 1 saturated heterocycles. The summed E-state index contributed by atoms with van der Waals surface area (Å²) in [5.74, 6) is -0.229. The molecule has 0 bridgehead atoms. The van der Waals surface area contributed by atoms with Gasteiger partial charge in [0.15, 0.2) is 0 Å². The second kappa shape index (κ2) is 7.77. The van der Waals surface area contributed by atoms with Crippen LogP contribution in [0.15, 0.2) is 54.6 Å². The summed E-state index contributed by atoms with van der Waals surface area (Å²) >= 11 is 0. The van der Waals surface area contributed by atoms with Crippen molar-refractivity contribution >= 4 is 11.7 Å². The number of nitrogens with one attached hydrogen (secondary N) is 1. The highest BCUT2D eigenvalue weighted by atomic mass is 19.1. The molecule has 138 valence electrons. The first kappa shape index (κ1) is 18.2. The minimum Gasteiger partial charge on any atom is -0.368 e. The lowest BCUT2D eigenvalue weighted by atomic mass is 9.85. The molecule has 26 heavy (non-hydrogen) atoms. The fraction of sp³-hybridized carbons (Fsp3) is 0.381. The molecule has 1 N–H and O–H groups in total. The lowest BCUT2D eigenvalue weighted by Crippen LogP contribution is -2.53. The molecule has 0 atom stereocenters. The quantitative estimate of drug-likeness (QED) is 0.909. The Morgan fingerprint density at radius 3 is 2.23 bits per heavy atom. The molecule has 4 nitrogen and oxygen atoms in total. The highest BCUT2D eigenvalue weighted by Crippen LogP contribution is 2.22. The molecule has 1 heterocycles. The number of piperazine rings is 1. The molecule has 0 radical (unpaired) electrons. The third-order valence-electron chi connectivity index (χ3n) is 5.00. The average Bonchev–Trinajstić information content (AvgIpc) is 2.68. The van der Waals surface area contributed by atoms with E-state index in [0.717, 1.165) is 18.8 Å². The largest absolute Gasteiger partial charge is 0.368 e. The van der Waals surface area contributed by atoms with Crippen molar-refractivity contribution in [1.82, 2.24) is 10.2 Å². The predicted octanol–water partition coefficient (Wildman–Crippen LogP) is 3.64. The molecule has 0 aromatic heterocycles. The van der Waals surface area contributed by atoms with E-state index in [0.29, 0.717) is 19.6 Å². The fourth-order valence-electron chi connectivity index (χ4n) is 3.22. The van der Waals surface area contributed by atoms with Crippen LogP contribution in [0.1, 0.15) is 19.4 Å². The number of hydrogen-bond donors (Lipinski definition) is 1. The van der Waals surface area contributed by atoms with Gasteiger partial charge in [-0.05, 0) is 29.8 Å². The first-order valence-electron chi connectivity index (χ1n) is 9.04. The van der Waals surface area contributed by atoms with Gasteiger partial charge in [0.2, 0.25) is 0 Å². The van der Waals surface area contributed by atoms with E-state index in [1.807, 2.05) is 23.1 Å². The van der Waals surface area contributed by atoms with Gasteiger partial charge >= 0.3 is 6.03 Å². The number of carbonyl (C=O) groups excluding carboxylic acids is 1. The van der Waals surface area contributed by atoms with Crippen LogP contribution in [0.4, 0.5) is 14.9 Å². The minimum absolute atomic E-state index is 0.0206. The van der Waals surface area contributed by atoms with E-state index < -0.39 is 0 Å². The predicted molar refractivity (Wildman–Crippen MR) is 103 cm³/mol. The highest BCUT2D eigenvalue weighted by Gasteiger charge is 2.25. The van der Waals surface area contributed by atoms with Crippen LogP contribution in [0.2, 0.25) is 0 Å². The van der Waals surface area contributed by atoms with Gasteiger partial charge in [-0.1, -0.05) is 44.2 Å². The molecular formula is C21H26FN3O. The molecule has 2 aromatic carbocycles. The zero-order chi connectivity index (χ0) is 18.6. The molecule has 0 unspecified atom stereocenters. The number of carbonyl (C=O) groups is 1. The van der Waals surface area contributed by atoms with Crippen molar-refractivity contribution in [2.45, 2.75) is 19.3 Å². The van der Waals surface area contributed by atoms with Gasteiger partial charge in [-0.3, -0.25) is 0 Å². The zero-order valence-corrected chi connectivity index (χ0v) is 15.4. The molecule has 1 aliphatic heterocycles. The van der Waals surface area contributed by atoms with Crippen molar-refractivity contribution in [3.05, 3.63) is 66.0 Å². The van der Waals surface area contributed by atoms with E-state index in [-0.39, 0.29) is 17.3 Å². The molecule has 2 amide bonds. The third kappa shape index (κ3) is 4.34. The Bertz CT molecular complexity index is 723. The number of nitrogens with zero attached hydrogens (tertiary/aromatic N) is 2. The molecular weight excluding hydrogens is 329 g/mol. The van der Waals surface area contributed by atoms with E-state index in [2.05, 4.69) is 36.2 Å². The molecule has 5 heteroatoms. The van der Waals surface area contributed by atoms with Crippen molar-refractivity contribution in [2.75, 3.05) is 37.6 Å². The van der Waals surface area contributed by atoms with E-state index in [1.165, 1.54) is 17.7 Å². The molecule has 3 rings (SSSR count). The minimum atomic E-state index is -0.229. The normalized spacial score (nSPS) is 15.0. The first-order chi connectivity index (χ1) is 12.5. The number of hydrogen-bond acceptors (Lipinski definition) is 2. The molecule has 1 fully saturated rings. The Hall–Kier alpha value is -2.56. The topological polar surface area (TPSA) is 35.6 Å². The maximum atomic E-state index is 13.0. The number of urea groups is 1. The summed E-state index contributed by atoms with van der Waals surface area (Å²) in [4.78, 5) is 16.5. The van der Waals surface area contributed by atoms with E-state index in [9.17, 15) is 9.18 Å². The maximum absolute atomic E-state index is 13.0. The number of halogens is 1. The summed E-state index contributed by atoms with van der Waals surface area (Å²) in [6, 6.07) is 16.7. The fourth-order valence-corrected chi connectivity index (χ4v) is 3.22. The lowest BCUT2D eigenvalue weighted by molar-refractivity contribution is 0.192. The zero-order valence-electron chi connectivity index (χ0n) is 15.4. The van der Waals surface area contributed by atoms with Crippen molar-refractivity contribution in [2.24, 2.45) is 0 Å². The maximum Gasteiger partial charge on any atom is 0.317 e. The van der Waals surface area contributed by atoms with Gasteiger partial charge in [0.25, 0.3) is 0 Å². The van der Waals surface area contributed by atoms with Crippen LogP contribution in [0, 0.1) is 5.82 Å². The summed E-state index contributed by atoms with van der Waals surface area (Å²) in [5, 5.41) is 3.07. The van der Waals surface area contributed by atoms with E-state index >= 15 is 0 Å². The number of anilines is 1. The second-order valence-electron chi connectivity index (χ2n) is 7.36. The van der Waals surface area contributed by atoms with Crippen molar-refractivity contribution < 1.29 is 9.18 Å². The Morgan fingerprint density at radius 1 is 1.00 bits per heavy atom. The van der Waals surface area contributed by atoms with Gasteiger partial charge in [0.05, 0.1) is 0 Å². The van der Waals surface area contributed by atoms with Gasteiger partial charge in [0.1, 0.15) is 5.82 Å². The average molecular weight is 355 g/mol. The lowest BCUT2D eigenvalue weighted by Gasteiger charge is -2.36. The molecule has 0 spiro atoms. The van der Waals surface area contributed by atoms with Gasteiger partial charge in [0, 0.05) is 43.8 Å². The summed E-state index contributed by atoms with van der Waals surface area (Å²) in [6.45, 7) is 7.68. The van der Waals surface area contributed by atoms with Crippen LogP contribution < -0.4 is 10.2 Å². The Labute approximate surface area is 154 Å². The van der Waals surface area contributed by atoms with Crippen LogP contribution in [-0.2, 0) is 5.41 Å². The van der Waals surface area contributed by atoms with Crippen LogP contribution >= 0.6 is 0 Å². The summed E-state index contributed by atoms with van der Waals surface area (Å²) < 4.78 is 13.0. The standard InChI is InChI=1S/C21H26FN3O/c1-21(2,17-6-4-3-5-7-17)16-23-20(26)25-14-12-24(13-15-25)19-10-8-18(22)9-11-19/h3-11H,12-16H2,1-2H3,(H,23,26). The first-order valence-corrected chi connectivity index (χ1v) is 9.04. The Morgan fingerprint density at radius 2 is 1.62 bits per heavy atom. The molecule has 0 saturated carbocycles. The second-order valence-corrected chi connectivity index (χ2v) is 7.36. The van der Waals surface area contributed by atoms with Crippen molar-refractivity contribution in [3.8, 4) is 0 Å². The van der Waals surface area contributed by atoms with Crippen LogP contribution in [0.3, 0.4) is 0 Å². The van der Waals surface area contributed by atoms with Crippen molar-refractivity contribution in [1.29, 1.82) is 0 Å². The summed E-state index contributed by atoms with van der Waals surface area (Å²) in [6.07, 6.45) is 0. The van der Waals surface area contributed by atoms with E-state index in [4.69, 9.17) is 0 Å². The smallest absolute Gasteiger partial charge is 0.317 e. The van der Waals surface area contributed by atoms with Crippen molar-refractivity contribution in [3.63, 3.8) is 0 Å². The molecule has 2 aromatic rings. The van der Waals surface area contributed by atoms with Gasteiger partial charge in [-0.25, -0.2) is 9.18 Å².